The van der Waals surface area contributed by atoms with Crippen molar-refractivity contribution >= 4 is 9.84 Å². The second kappa shape index (κ2) is 7.90. The summed E-state index contributed by atoms with van der Waals surface area (Å²) in [5.41, 5.74) is 2.45. The summed E-state index contributed by atoms with van der Waals surface area (Å²) >= 11 is 0. The molecule has 0 saturated heterocycles. The first kappa shape index (κ1) is 17.2. The Morgan fingerprint density at radius 3 is 2.95 bits per heavy atom. The van der Waals surface area contributed by atoms with Crippen molar-refractivity contribution in [2.24, 2.45) is 0 Å². The van der Waals surface area contributed by atoms with Crippen LogP contribution in [0.4, 0.5) is 0 Å². The molecule has 122 valence electrons. The molecule has 2 atom stereocenters. The highest BCUT2D eigenvalue weighted by Gasteiger charge is 2.22. The first-order chi connectivity index (χ1) is 10.5. The van der Waals surface area contributed by atoms with E-state index in [1.807, 2.05) is 18.2 Å². The molecule has 1 aliphatic carbocycles. The summed E-state index contributed by atoms with van der Waals surface area (Å²) in [6.45, 7) is 1.82. The van der Waals surface area contributed by atoms with E-state index in [1.165, 1.54) is 5.56 Å². The van der Waals surface area contributed by atoms with Gasteiger partial charge in [-0.3, -0.25) is 0 Å². The zero-order valence-corrected chi connectivity index (χ0v) is 13.8. The third-order valence-electron chi connectivity index (χ3n) is 3.84. The lowest BCUT2D eigenvalue weighted by Gasteiger charge is -2.26. The SMILES string of the molecule is CC=CCS(=O)(=O)CC(O)COC1CCCc2ccccc21. The van der Waals surface area contributed by atoms with Crippen LogP contribution in [0.15, 0.2) is 36.4 Å². The zero-order chi connectivity index (χ0) is 16.0. The number of aryl methyl sites for hydroxylation is 1. The van der Waals surface area contributed by atoms with Gasteiger partial charge in [0.25, 0.3) is 0 Å². The van der Waals surface area contributed by atoms with Gasteiger partial charge in [0.05, 0.1) is 30.3 Å². The number of allylic oxidation sites excluding steroid dienone is 1. The third-order valence-corrected chi connectivity index (χ3v) is 5.43. The standard InChI is InChI=1S/C17H24O4S/c1-2-3-11-22(19,20)13-15(18)12-21-17-10-6-8-14-7-4-5-9-16(14)17/h2-5,7,9,15,17-18H,6,8,10-13H2,1H3. The molecule has 1 N–H and O–H groups in total. The first-order valence-electron chi connectivity index (χ1n) is 7.71. The Kier molecular flexibility index (Phi) is 6.17. The lowest BCUT2D eigenvalue weighted by atomic mass is 9.89. The molecule has 22 heavy (non-hydrogen) atoms. The Morgan fingerprint density at radius 2 is 2.18 bits per heavy atom. The molecule has 0 radical (unpaired) electrons. The van der Waals surface area contributed by atoms with Crippen molar-refractivity contribution in [3.05, 3.63) is 47.5 Å². The lowest BCUT2D eigenvalue weighted by Crippen LogP contribution is -2.28. The summed E-state index contributed by atoms with van der Waals surface area (Å²) in [6, 6.07) is 8.15. The van der Waals surface area contributed by atoms with E-state index in [2.05, 4.69) is 6.07 Å². The number of rotatable bonds is 7. The molecular formula is C17H24O4S. The fourth-order valence-electron chi connectivity index (χ4n) is 2.76. The van der Waals surface area contributed by atoms with Gasteiger partial charge >= 0.3 is 0 Å². The summed E-state index contributed by atoms with van der Waals surface area (Å²) in [6.07, 6.45) is 5.27. The van der Waals surface area contributed by atoms with Gasteiger partial charge in [-0.2, -0.15) is 0 Å². The van der Waals surface area contributed by atoms with Crippen LogP contribution in [0.1, 0.15) is 37.0 Å². The van der Waals surface area contributed by atoms with Gasteiger partial charge < -0.3 is 9.84 Å². The maximum Gasteiger partial charge on any atom is 0.156 e. The molecule has 0 amide bonds. The smallest absolute Gasteiger partial charge is 0.156 e. The Bertz CT molecular complexity index is 607. The van der Waals surface area contributed by atoms with Gasteiger partial charge in [0.2, 0.25) is 0 Å². The zero-order valence-electron chi connectivity index (χ0n) is 12.9. The molecule has 2 unspecified atom stereocenters. The van der Waals surface area contributed by atoms with E-state index < -0.39 is 15.9 Å². The van der Waals surface area contributed by atoms with Crippen LogP contribution in [0.2, 0.25) is 0 Å². The van der Waals surface area contributed by atoms with Crippen LogP contribution in [0.25, 0.3) is 0 Å². The predicted molar refractivity (Wildman–Crippen MR) is 87.5 cm³/mol. The summed E-state index contributed by atoms with van der Waals surface area (Å²) < 4.78 is 29.4. The van der Waals surface area contributed by atoms with E-state index in [-0.39, 0.29) is 24.2 Å². The molecule has 4 nitrogen and oxygen atoms in total. The van der Waals surface area contributed by atoms with Gasteiger partial charge in [-0.15, -0.1) is 0 Å². The first-order valence-corrected chi connectivity index (χ1v) is 9.53. The molecule has 0 saturated carbocycles. The Balaban J connectivity index is 1.88. The minimum Gasteiger partial charge on any atom is -0.390 e. The molecule has 1 aromatic carbocycles. The van der Waals surface area contributed by atoms with Crippen molar-refractivity contribution in [1.82, 2.24) is 0 Å². The monoisotopic (exact) mass is 324 g/mol. The molecule has 1 aromatic rings. The van der Waals surface area contributed by atoms with Gasteiger partial charge in [-0.05, 0) is 37.3 Å². The molecule has 0 spiro atoms. The molecule has 0 aliphatic heterocycles. The maximum atomic E-state index is 11.8. The quantitative estimate of drug-likeness (QED) is 0.783. The summed E-state index contributed by atoms with van der Waals surface area (Å²) in [5, 5.41) is 9.93. The molecule has 2 rings (SSSR count). The molecule has 0 aromatic heterocycles. The molecule has 0 heterocycles. The van der Waals surface area contributed by atoms with Crippen molar-refractivity contribution in [1.29, 1.82) is 0 Å². The van der Waals surface area contributed by atoms with E-state index in [1.54, 1.807) is 19.1 Å². The average molecular weight is 324 g/mol. The number of hydrogen-bond acceptors (Lipinski definition) is 4. The van der Waals surface area contributed by atoms with E-state index in [4.69, 9.17) is 4.74 Å². The van der Waals surface area contributed by atoms with Gasteiger partial charge in [0, 0.05) is 0 Å². The number of aliphatic hydroxyl groups excluding tert-OH is 1. The summed E-state index contributed by atoms with van der Waals surface area (Å²) in [7, 11) is -3.27. The van der Waals surface area contributed by atoms with Crippen LogP contribution in [0, 0.1) is 0 Å². The normalized spacial score (nSPS) is 20.0. The predicted octanol–water partition coefficient (Wildman–Crippen LogP) is 2.43. The number of sulfone groups is 1. The van der Waals surface area contributed by atoms with Gasteiger partial charge in [0.1, 0.15) is 0 Å². The van der Waals surface area contributed by atoms with E-state index in [9.17, 15) is 13.5 Å². The highest BCUT2D eigenvalue weighted by atomic mass is 32.2. The number of hydrogen-bond donors (Lipinski definition) is 1. The van der Waals surface area contributed by atoms with Crippen LogP contribution in [-0.2, 0) is 21.0 Å². The molecular weight excluding hydrogens is 300 g/mol. The fraction of sp³-hybridized carbons (Fsp3) is 0.529. The largest absolute Gasteiger partial charge is 0.390 e. The summed E-state index contributed by atoms with van der Waals surface area (Å²) in [4.78, 5) is 0. The molecule has 0 fully saturated rings. The molecule has 0 bridgehead atoms. The van der Waals surface area contributed by atoms with Crippen molar-refractivity contribution < 1.29 is 18.3 Å². The number of benzene rings is 1. The second-order valence-electron chi connectivity index (χ2n) is 5.71. The minimum absolute atomic E-state index is 0.0349. The van der Waals surface area contributed by atoms with Crippen LogP contribution in [0.5, 0.6) is 0 Å². The van der Waals surface area contributed by atoms with Gasteiger partial charge in [-0.25, -0.2) is 8.42 Å². The minimum atomic E-state index is -3.27. The van der Waals surface area contributed by atoms with Crippen LogP contribution >= 0.6 is 0 Å². The van der Waals surface area contributed by atoms with Crippen LogP contribution in [-0.4, -0.2) is 37.7 Å². The number of aliphatic hydroxyl groups is 1. The molecule has 1 aliphatic rings. The van der Waals surface area contributed by atoms with Crippen LogP contribution < -0.4 is 0 Å². The van der Waals surface area contributed by atoms with Crippen molar-refractivity contribution in [3.8, 4) is 0 Å². The lowest BCUT2D eigenvalue weighted by molar-refractivity contribution is -0.0101. The topological polar surface area (TPSA) is 63.6 Å². The molecule has 5 heteroatoms. The second-order valence-corrected chi connectivity index (χ2v) is 7.87. The van der Waals surface area contributed by atoms with E-state index >= 15 is 0 Å². The average Bonchev–Trinajstić information content (AvgIpc) is 2.50. The van der Waals surface area contributed by atoms with E-state index in [0.717, 1.165) is 24.8 Å². The van der Waals surface area contributed by atoms with Gasteiger partial charge in [0.15, 0.2) is 9.84 Å². The maximum absolute atomic E-state index is 11.8. The number of ether oxygens (including phenoxy) is 1. The number of fused-ring (bicyclic) bond motifs is 1. The van der Waals surface area contributed by atoms with Crippen molar-refractivity contribution in [2.45, 2.75) is 38.4 Å². The van der Waals surface area contributed by atoms with E-state index in [0.29, 0.717) is 0 Å². The van der Waals surface area contributed by atoms with Gasteiger partial charge in [-0.1, -0.05) is 36.4 Å². The fourth-order valence-corrected chi connectivity index (χ4v) is 4.07. The Morgan fingerprint density at radius 1 is 1.41 bits per heavy atom. The Hall–Kier alpha value is -1.17. The summed E-state index contributed by atoms with van der Waals surface area (Å²) in [5.74, 6) is -0.293. The van der Waals surface area contributed by atoms with Crippen molar-refractivity contribution in [3.63, 3.8) is 0 Å². The third kappa shape index (κ3) is 4.93. The Labute approximate surface area is 132 Å². The highest BCUT2D eigenvalue weighted by molar-refractivity contribution is 7.91. The van der Waals surface area contributed by atoms with Crippen molar-refractivity contribution in [2.75, 3.05) is 18.1 Å². The van der Waals surface area contributed by atoms with Crippen LogP contribution in [0.3, 0.4) is 0 Å². The highest BCUT2D eigenvalue weighted by Crippen LogP contribution is 2.32.